The van der Waals surface area contributed by atoms with Crippen LogP contribution in [0.3, 0.4) is 0 Å². The predicted octanol–water partition coefficient (Wildman–Crippen LogP) is 2.77. The fraction of sp³-hybridized carbons (Fsp3) is 0.200. The van der Waals surface area contributed by atoms with Crippen LogP contribution in [-0.4, -0.2) is 24.2 Å². The first-order valence-corrected chi connectivity index (χ1v) is 7.38. The summed E-state index contributed by atoms with van der Waals surface area (Å²) in [4.78, 5) is 0. The molecule has 2 aromatic rings. The van der Waals surface area contributed by atoms with E-state index >= 15 is 0 Å². The van der Waals surface area contributed by atoms with Crippen molar-refractivity contribution in [1.29, 1.82) is 0 Å². The molecule has 2 rings (SSSR count). The molecule has 0 spiro atoms. The van der Waals surface area contributed by atoms with Crippen LogP contribution in [-0.2, 0) is 8.85 Å². The van der Waals surface area contributed by atoms with E-state index in [0.29, 0.717) is 0 Å². The van der Waals surface area contributed by atoms with Gasteiger partial charge in [0.1, 0.15) is 0 Å². The Bertz CT molecular complexity index is 196. The second-order valence-corrected chi connectivity index (χ2v) is 5.30. The molecule has 0 aliphatic rings. The summed E-state index contributed by atoms with van der Waals surface area (Å²) in [5.74, 6) is 0. The molecule has 5 heteroatoms. The Morgan fingerprint density at radius 1 is 0.733 bits per heavy atom. The van der Waals surface area contributed by atoms with Gasteiger partial charge in [-0.3, -0.25) is 0 Å². The van der Waals surface area contributed by atoms with Gasteiger partial charge in [-0.1, -0.05) is 24.3 Å². The van der Waals surface area contributed by atoms with Gasteiger partial charge in [0.05, 0.1) is 0 Å². The molecule has 2 aromatic heterocycles. The normalized spacial score (nSPS) is 8.13. The first-order chi connectivity index (χ1) is 7.41. The van der Waals surface area contributed by atoms with Crippen LogP contribution in [0.5, 0.6) is 0 Å². The summed E-state index contributed by atoms with van der Waals surface area (Å²) >= 11 is 3.43. The third-order valence-electron chi connectivity index (χ3n) is 1.09. The van der Waals surface area contributed by atoms with Crippen molar-refractivity contribution in [2.75, 3.05) is 14.2 Å². The smallest absolute Gasteiger partial charge is 0.303 e. The quantitative estimate of drug-likeness (QED) is 0.773. The number of thiophene rings is 2. The van der Waals surface area contributed by atoms with Gasteiger partial charge >= 0.3 is 10.0 Å². The summed E-state index contributed by atoms with van der Waals surface area (Å²) < 4.78 is 9.22. The summed E-state index contributed by atoms with van der Waals surface area (Å²) in [5.41, 5.74) is 0. The van der Waals surface area contributed by atoms with Gasteiger partial charge < -0.3 is 8.85 Å². The van der Waals surface area contributed by atoms with E-state index in [4.69, 9.17) is 0 Å². The van der Waals surface area contributed by atoms with Crippen molar-refractivity contribution in [3.8, 4) is 0 Å². The SMILES string of the molecule is CO[SiH2]OC.c1ccsc1.c1ccsc1. The van der Waals surface area contributed by atoms with Gasteiger partial charge in [0.25, 0.3) is 0 Å². The molecule has 0 aliphatic heterocycles. The standard InChI is InChI=1S/2C4H4S.C2H8O2Si/c2*1-2-4-5-3-1;1-3-5-4-2/h2*1-4H;5H2,1-2H3. The molecular weight excluding hydrogens is 244 g/mol. The minimum Gasteiger partial charge on any atom is -0.402 e. The van der Waals surface area contributed by atoms with E-state index in [1.54, 1.807) is 36.9 Å². The number of hydrogen-bond acceptors (Lipinski definition) is 4. The average molecular weight is 260 g/mol. The average Bonchev–Trinajstić information content (AvgIpc) is 2.99. The highest BCUT2D eigenvalue weighted by Crippen LogP contribution is 1.92. The van der Waals surface area contributed by atoms with Gasteiger partial charge in [-0.05, 0) is 21.5 Å². The highest BCUT2D eigenvalue weighted by Gasteiger charge is 1.67. The molecule has 0 unspecified atom stereocenters. The van der Waals surface area contributed by atoms with Crippen LogP contribution in [0.1, 0.15) is 0 Å². The molecule has 0 aromatic carbocycles. The second-order valence-electron chi connectivity index (χ2n) is 2.28. The molecule has 0 atom stereocenters. The van der Waals surface area contributed by atoms with Crippen LogP contribution in [0.15, 0.2) is 45.8 Å². The van der Waals surface area contributed by atoms with Crippen molar-refractivity contribution in [3.05, 3.63) is 45.8 Å². The van der Waals surface area contributed by atoms with Gasteiger partial charge in [-0.25, -0.2) is 0 Å². The van der Waals surface area contributed by atoms with Crippen LogP contribution < -0.4 is 0 Å². The molecule has 0 radical (unpaired) electrons. The van der Waals surface area contributed by atoms with Crippen LogP contribution in [0.25, 0.3) is 0 Å². The van der Waals surface area contributed by atoms with E-state index < -0.39 is 10.0 Å². The van der Waals surface area contributed by atoms with Crippen molar-refractivity contribution in [3.63, 3.8) is 0 Å². The van der Waals surface area contributed by atoms with Gasteiger partial charge in [-0.15, -0.1) is 0 Å². The maximum atomic E-state index is 4.61. The Labute approximate surface area is 102 Å². The Morgan fingerprint density at radius 3 is 1.13 bits per heavy atom. The Hall–Kier alpha value is -0.463. The Kier molecular flexibility index (Phi) is 13.1. The fourth-order valence-corrected chi connectivity index (χ4v) is 1.71. The van der Waals surface area contributed by atoms with Crippen LogP contribution in [0, 0.1) is 0 Å². The van der Waals surface area contributed by atoms with E-state index in [-0.39, 0.29) is 0 Å². The highest BCUT2D eigenvalue weighted by atomic mass is 32.1. The molecule has 2 nitrogen and oxygen atoms in total. The number of rotatable bonds is 2. The molecule has 0 N–H and O–H groups in total. The topological polar surface area (TPSA) is 18.5 Å². The first-order valence-electron chi connectivity index (χ1n) is 4.34. The highest BCUT2D eigenvalue weighted by molar-refractivity contribution is 7.08. The summed E-state index contributed by atoms with van der Waals surface area (Å²) in [5, 5.41) is 8.17. The van der Waals surface area contributed by atoms with Gasteiger partial charge in [0, 0.05) is 14.2 Å². The Balaban J connectivity index is 0.000000196. The largest absolute Gasteiger partial charge is 0.402 e. The van der Waals surface area contributed by atoms with E-state index in [2.05, 4.69) is 8.85 Å². The zero-order valence-electron chi connectivity index (χ0n) is 8.96. The predicted molar refractivity (Wildman–Crippen MR) is 71.2 cm³/mol. The lowest BCUT2D eigenvalue weighted by molar-refractivity contribution is 0.309. The summed E-state index contributed by atoms with van der Waals surface area (Å²) in [6.45, 7) is 0. The van der Waals surface area contributed by atoms with Gasteiger partial charge in [0.15, 0.2) is 0 Å². The van der Waals surface area contributed by atoms with Crippen molar-refractivity contribution < 1.29 is 8.85 Å². The van der Waals surface area contributed by atoms with Crippen LogP contribution >= 0.6 is 22.7 Å². The van der Waals surface area contributed by atoms with Crippen molar-refractivity contribution in [2.45, 2.75) is 0 Å². The zero-order chi connectivity index (χ0) is 11.2. The lowest BCUT2D eigenvalue weighted by Gasteiger charge is -1.86. The second kappa shape index (κ2) is 13.5. The third-order valence-corrected chi connectivity index (χ3v) is 2.81. The maximum Gasteiger partial charge on any atom is 0.303 e. The first kappa shape index (κ1) is 14.5. The molecule has 2 heterocycles. The fourth-order valence-electron chi connectivity index (χ4n) is 0.571. The molecular formula is C10H16O2S2Si. The van der Waals surface area contributed by atoms with E-state index in [1.807, 2.05) is 45.8 Å². The lowest BCUT2D eigenvalue weighted by Crippen LogP contribution is -1.93. The Morgan fingerprint density at radius 2 is 1.07 bits per heavy atom. The van der Waals surface area contributed by atoms with E-state index in [1.165, 1.54) is 0 Å². The molecule has 0 saturated heterocycles. The van der Waals surface area contributed by atoms with E-state index in [9.17, 15) is 0 Å². The van der Waals surface area contributed by atoms with Gasteiger partial charge in [0.2, 0.25) is 0 Å². The van der Waals surface area contributed by atoms with Gasteiger partial charge in [-0.2, -0.15) is 22.7 Å². The molecule has 0 amide bonds. The summed E-state index contributed by atoms with van der Waals surface area (Å²) in [6, 6.07) is 8.07. The van der Waals surface area contributed by atoms with Crippen molar-refractivity contribution >= 4 is 32.7 Å². The molecule has 0 bridgehead atoms. The summed E-state index contributed by atoms with van der Waals surface area (Å²) in [6.07, 6.45) is 0. The zero-order valence-corrected chi connectivity index (χ0v) is 12.0. The van der Waals surface area contributed by atoms with E-state index in [0.717, 1.165) is 0 Å². The molecule has 0 fully saturated rings. The number of hydrogen-bond donors (Lipinski definition) is 0. The lowest BCUT2D eigenvalue weighted by atomic mass is 10.7. The minimum absolute atomic E-state index is 0.568. The minimum atomic E-state index is -0.568. The molecule has 0 saturated carbocycles. The molecule has 84 valence electrons. The third kappa shape index (κ3) is 13.5. The summed E-state index contributed by atoms with van der Waals surface area (Å²) in [7, 11) is 2.73. The molecule has 0 aliphatic carbocycles. The van der Waals surface area contributed by atoms with Crippen molar-refractivity contribution in [2.24, 2.45) is 0 Å². The van der Waals surface area contributed by atoms with Crippen LogP contribution in [0.4, 0.5) is 0 Å². The monoisotopic (exact) mass is 260 g/mol. The van der Waals surface area contributed by atoms with Crippen LogP contribution in [0.2, 0.25) is 0 Å². The maximum absolute atomic E-state index is 4.61. The van der Waals surface area contributed by atoms with Crippen molar-refractivity contribution in [1.82, 2.24) is 0 Å². The molecule has 15 heavy (non-hydrogen) atoms.